The van der Waals surface area contributed by atoms with E-state index in [0.717, 1.165) is 57.7 Å². The molecule has 42 heavy (non-hydrogen) atoms. The molecule has 1 atom stereocenters. The maximum absolute atomic E-state index is 13.7. The number of carbonyl (C=O) groups is 2. The number of methoxy groups -OCH3 is 1. The van der Waals surface area contributed by atoms with Crippen molar-refractivity contribution >= 4 is 32.9 Å². The summed E-state index contributed by atoms with van der Waals surface area (Å²) in [6.07, 6.45) is 6.10. The van der Waals surface area contributed by atoms with Crippen LogP contribution in [-0.2, 0) is 28.0 Å². The van der Waals surface area contributed by atoms with Gasteiger partial charge in [0.2, 0.25) is 5.91 Å². The largest absolute Gasteiger partial charge is 0.497 e. The lowest BCUT2D eigenvalue weighted by molar-refractivity contribution is -0.135. The van der Waals surface area contributed by atoms with Crippen molar-refractivity contribution < 1.29 is 27.9 Å². The number of benzene rings is 2. The highest BCUT2D eigenvalue weighted by Gasteiger charge is 2.34. The van der Waals surface area contributed by atoms with Gasteiger partial charge in [-0.3, -0.25) is 9.59 Å². The molecule has 1 aromatic heterocycles. The lowest BCUT2D eigenvalue weighted by atomic mass is 9.81. The van der Waals surface area contributed by atoms with E-state index in [2.05, 4.69) is 15.4 Å². The number of amides is 2. The summed E-state index contributed by atoms with van der Waals surface area (Å²) in [5.74, 6) is -0.165. The van der Waals surface area contributed by atoms with Crippen LogP contribution in [0.25, 0.3) is 22.2 Å². The summed E-state index contributed by atoms with van der Waals surface area (Å²) in [5.41, 5.74) is 5.34. The van der Waals surface area contributed by atoms with E-state index in [1.165, 1.54) is 26.1 Å². The number of carbonyl (C=O) groups excluding carboxylic acids is 2. The van der Waals surface area contributed by atoms with Crippen LogP contribution in [0.2, 0.25) is 0 Å². The van der Waals surface area contributed by atoms with Gasteiger partial charge in [0, 0.05) is 56.3 Å². The van der Waals surface area contributed by atoms with Gasteiger partial charge in [0.15, 0.2) is 0 Å². The molecule has 10 nitrogen and oxygen atoms in total. The van der Waals surface area contributed by atoms with Gasteiger partial charge in [-0.2, -0.15) is 12.7 Å². The number of likely N-dealkylation sites (N-methyl/N-ethyl adjacent to an activating group) is 1. The lowest BCUT2D eigenvalue weighted by Gasteiger charge is -2.24. The van der Waals surface area contributed by atoms with Crippen LogP contribution in [0.5, 0.6) is 5.75 Å². The zero-order valence-corrected chi connectivity index (χ0v) is 25.5. The van der Waals surface area contributed by atoms with Crippen molar-refractivity contribution in [2.24, 2.45) is 5.92 Å². The minimum Gasteiger partial charge on any atom is -0.497 e. The van der Waals surface area contributed by atoms with E-state index in [1.807, 2.05) is 18.2 Å². The number of ether oxygens (including phenoxy) is 1. The Morgan fingerprint density at radius 1 is 1.07 bits per heavy atom. The van der Waals surface area contributed by atoms with Crippen LogP contribution in [-0.4, -0.2) is 80.5 Å². The second kappa shape index (κ2) is 12.1. The molecule has 2 aliphatic rings. The molecule has 1 fully saturated rings. The Hall–Kier alpha value is -3.41. The zero-order chi connectivity index (χ0) is 30.2. The summed E-state index contributed by atoms with van der Waals surface area (Å²) in [4.78, 5) is 28.4. The van der Waals surface area contributed by atoms with E-state index in [0.29, 0.717) is 24.6 Å². The maximum atomic E-state index is 13.7. The van der Waals surface area contributed by atoms with Gasteiger partial charge in [0.25, 0.3) is 5.91 Å². The molecule has 1 saturated carbocycles. The van der Waals surface area contributed by atoms with Crippen molar-refractivity contribution in [2.45, 2.75) is 51.0 Å². The van der Waals surface area contributed by atoms with Crippen molar-refractivity contribution in [3.05, 3.63) is 53.1 Å². The van der Waals surface area contributed by atoms with Gasteiger partial charge in [-0.25, -0.2) is 4.72 Å². The summed E-state index contributed by atoms with van der Waals surface area (Å²) in [6, 6.07) is 11.4. The fourth-order valence-corrected chi connectivity index (χ4v) is 6.99. The Morgan fingerprint density at radius 2 is 1.81 bits per heavy atom. The topological polar surface area (TPSA) is 121 Å². The molecule has 1 aliphatic carbocycles. The van der Waals surface area contributed by atoms with Gasteiger partial charge in [-0.05, 0) is 66.6 Å². The molecule has 1 aliphatic heterocycles. The molecule has 3 aromatic rings. The van der Waals surface area contributed by atoms with Gasteiger partial charge < -0.3 is 19.3 Å². The normalized spacial score (nSPS) is 17.4. The van der Waals surface area contributed by atoms with Crippen LogP contribution in [0.15, 0.2) is 36.4 Å². The molecule has 0 saturated heterocycles. The van der Waals surface area contributed by atoms with Crippen molar-refractivity contribution in [3.8, 4) is 17.0 Å². The predicted molar refractivity (Wildman–Crippen MR) is 162 cm³/mol. The molecule has 0 spiro atoms. The van der Waals surface area contributed by atoms with Gasteiger partial charge in [-0.15, -0.1) is 0 Å². The number of rotatable bonds is 8. The molecule has 2 N–H and O–H groups in total. The van der Waals surface area contributed by atoms with Crippen LogP contribution >= 0.6 is 0 Å². The molecule has 0 radical (unpaired) electrons. The molecule has 5 rings (SSSR count). The predicted octanol–water partition coefficient (Wildman–Crippen LogP) is 3.52. The molecule has 2 heterocycles. The quantitative estimate of drug-likeness (QED) is 0.411. The number of nitrogens with one attached hydrogen (secondary N) is 1. The Kier molecular flexibility index (Phi) is 8.63. The summed E-state index contributed by atoms with van der Waals surface area (Å²) in [7, 11) is 2.08. The monoisotopic (exact) mass is 596 g/mol. The van der Waals surface area contributed by atoms with E-state index in [1.54, 1.807) is 31.2 Å². The summed E-state index contributed by atoms with van der Waals surface area (Å²) >= 11 is 0. The van der Waals surface area contributed by atoms with Crippen molar-refractivity contribution in [1.82, 2.24) is 18.5 Å². The Morgan fingerprint density at radius 3 is 2.48 bits per heavy atom. The minimum absolute atomic E-state index is 0.0716. The highest BCUT2D eigenvalue weighted by atomic mass is 32.2. The van der Waals surface area contributed by atoms with Gasteiger partial charge >= 0.3 is 10.2 Å². The first-order valence-electron chi connectivity index (χ1n) is 14.5. The fraction of sp³-hybridized carbons (Fsp3) is 0.484. The molecule has 11 heteroatoms. The van der Waals surface area contributed by atoms with Crippen LogP contribution < -0.4 is 9.46 Å². The smallest absolute Gasteiger partial charge is 0.303 e. The van der Waals surface area contributed by atoms with Gasteiger partial charge in [0.05, 0.1) is 25.3 Å². The van der Waals surface area contributed by atoms with Crippen LogP contribution in [0, 0.1) is 5.92 Å². The number of aliphatic hydroxyl groups is 1. The van der Waals surface area contributed by atoms with Crippen LogP contribution in [0.3, 0.4) is 0 Å². The van der Waals surface area contributed by atoms with Crippen molar-refractivity contribution in [1.29, 1.82) is 0 Å². The third kappa shape index (κ3) is 5.65. The number of hydrogen-bond acceptors (Lipinski definition) is 6. The fourth-order valence-electron chi connectivity index (χ4n) is 6.45. The Bertz CT molecular complexity index is 1610. The van der Waals surface area contributed by atoms with Crippen LogP contribution in [0.4, 0.5) is 0 Å². The summed E-state index contributed by atoms with van der Waals surface area (Å²) in [6.45, 7) is 0.486. The van der Waals surface area contributed by atoms with E-state index in [-0.39, 0.29) is 24.6 Å². The second-order valence-electron chi connectivity index (χ2n) is 11.6. The maximum Gasteiger partial charge on any atom is 0.303 e. The molecular weight excluding hydrogens is 556 g/mol. The lowest BCUT2D eigenvalue weighted by Crippen LogP contribution is -2.39. The molecule has 2 amide bonds. The Balaban J connectivity index is 1.74. The van der Waals surface area contributed by atoms with Crippen LogP contribution in [0.1, 0.15) is 59.5 Å². The molecular formula is C31H40N4O6S. The third-order valence-electron chi connectivity index (χ3n) is 8.68. The van der Waals surface area contributed by atoms with E-state index in [9.17, 15) is 23.1 Å². The molecule has 2 aromatic carbocycles. The summed E-state index contributed by atoms with van der Waals surface area (Å²) in [5, 5.41) is 10.5. The van der Waals surface area contributed by atoms with E-state index < -0.39 is 22.0 Å². The van der Waals surface area contributed by atoms with Gasteiger partial charge in [-0.1, -0.05) is 25.3 Å². The molecule has 1 unspecified atom stereocenters. The first kappa shape index (κ1) is 30.1. The second-order valence-corrected chi connectivity index (χ2v) is 13.5. The van der Waals surface area contributed by atoms with E-state index >= 15 is 0 Å². The highest BCUT2D eigenvalue weighted by molar-refractivity contribution is 7.87. The third-order valence-corrected chi connectivity index (χ3v) is 10.1. The number of nitrogens with zero attached hydrogens (tertiary/aromatic N) is 3. The summed E-state index contributed by atoms with van der Waals surface area (Å²) < 4.78 is 35.6. The average Bonchev–Trinajstić information content (AvgIpc) is 3.19. The first-order chi connectivity index (χ1) is 20.1. The standard InChI is InChI=1S/C31H40N4O6S/c1-33(2)42(39,40)32-30(37)21-10-12-26-27(18-21)35-19-23(31(38)34(3)14-15-36)16-22-17-24(41-4)11-13-25(22)29(35)28(26)20-8-6-5-7-9-20/h10-13,17-18,20,23,36H,5-9,14-16,19H2,1-4H3,(H,32,37). The zero-order valence-electron chi connectivity index (χ0n) is 24.7. The average molecular weight is 597 g/mol. The SMILES string of the molecule is COc1ccc2c(c1)CC(C(=O)N(C)CCO)Cn1c-2c(C2CCCCC2)c2ccc(C(=O)NS(=O)(=O)N(C)C)cc21. The van der Waals surface area contributed by atoms with E-state index in [4.69, 9.17) is 4.74 Å². The first-order valence-corrected chi connectivity index (χ1v) is 15.9. The van der Waals surface area contributed by atoms with Gasteiger partial charge in [0.1, 0.15) is 5.75 Å². The van der Waals surface area contributed by atoms with Crippen molar-refractivity contribution in [3.63, 3.8) is 0 Å². The minimum atomic E-state index is -3.97. The molecule has 226 valence electrons. The Labute approximate surface area is 247 Å². The molecule has 0 bridgehead atoms. The van der Waals surface area contributed by atoms with Crippen molar-refractivity contribution in [2.75, 3.05) is 41.4 Å². The highest BCUT2D eigenvalue weighted by Crippen LogP contribution is 2.47. The number of fused-ring (bicyclic) bond motifs is 5. The number of aliphatic hydroxyl groups excluding tert-OH is 1. The number of aromatic nitrogens is 1. The number of hydrogen-bond donors (Lipinski definition) is 2.